The van der Waals surface area contributed by atoms with Crippen LogP contribution in [0.25, 0.3) is 0 Å². The molecule has 90 valence electrons. The van der Waals surface area contributed by atoms with Crippen molar-refractivity contribution in [3.63, 3.8) is 0 Å². The highest BCUT2D eigenvalue weighted by Gasteiger charge is 2.39. The maximum absolute atomic E-state index is 12.5. The van der Waals surface area contributed by atoms with Crippen LogP contribution in [-0.4, -0.2) is 4.98 Å². The van der Waals surface area contributed by atoms with Gasteiger partial charge in [0.25, 0.3) is 6.43 Å². The van der Waals surface area contributed by atoms with Crippen LogP contribution in [0.5, 0.6) is 0 Å². The van der Waals surface area contributed by atoms with Gasteiger partial charge in [0.15, 0.2) is 0 Å². The first-order valence-electron chi connectivity index (χ1n) is 4.01. The first kappa shape index (κ1) is 13.1. The highest BCUT2D eigenvalue weighted by atomic mass is 35.5. The maximum atomic E-state index is 12.5. The lowest BCUT2D eigenvalue weighted by molar-refractivity contribution is -0.139. The minimum atomic E-state index is -4.96. The van der Waals surface area contributed by atoms with E-state index in [9.17, 15) is 22.0 Å². The summed E-state index contributed by atoms with van der Waals surface area (Å²) in [6, 6.07) is 0. The van der Waals surface area contributed by atoms with Gasteiger partial charge in [-0.2, -0.15) is 13.2 Å². The van der Waals surface area contributed by atoms with E-state index in [1.54, 1.807) is 0 Å². The fourth-order valence-corrected chi connectivity index (χ4v) is 1.49. The zero-order valence-electron chi connectivity index (χ0n) is 7.65. The molecule has 1 aromatic rings. The van der Waals surface area contributed by atoms with Gasteiger partial charge in [-0.15, -0.1) is 0 Å². The van der Waals surface area contributed by atoms with Crippen LogP contribution in [0.4, 0.5) is 22.0 Å². The summed E-state index contributed by atoms with van der Waals surface area (Å²) in [6.07, 6.45) is -7.63. The Balaban J connectivity index is 3.55. The van der Waals surface area contributed by atoms with Crippen LogP contribution in [0, 0.1) is 0 Å². The third kappa shape index (κ3) is 2.41. The molecule has 2 nitrogen and oxygen atoms in total. The van der Waals surface area contributed by atoms with Crippen LogP contribution in [0.15, 0.2) is 6.20 Å². The summed E-state index contributed by atoms with van der Waals surface area (Å²) >= 11 is 5.23. The fraction of sp³-hybridized carbons (Fsp3) is 0.375. The van der Waals surface area contributed by atoms with Crippen LogP contribution in [0.1, 0.15) is 23.2 Å². The molecular weight excluding hydrogens is 255 g/mol. The van der Waals surface area contributed by atoms with Crippen molar-refractivity contribution in [2.24, 2.45) is 5.73 Å². The lowest BCUT2D eigenvalue weighted by Gasteiger charge is -2.16. The van der Waals surface area contributed by atoms with Gasteiger partial charge in [-0.1, -0.05) is 11.6 Å². The molecule has 0 fully saturated rings. The molecule has 0 unspecified atom stereocenters. The molecule has 0 aliphatic heterocycles. The number of nitrogens with zero attached hydrogens (tertiary/aromatic N) is 1. The number of nitrogens with two attached hydrogens (primary N) is 1. The summed E-state index contributed by atoms with van der Waals surface area (Å²) in [5, 5.41) is -0.861. The molecule has 0 saturated carbocycles. The average molecular weight is 261 g/mol. The van der Waals surface area contributed by atoms with Gasteiger partial charge in [0.1, 0.15) is 0 Å². The van der Waals surface area contributed by atoms with Crippen molar-refractivity contribution in [1.29, 1.82) is 0 Å². The molecule has 0 saturated heterocycles. The number of hydrogen-bond acceptors (Lipinski definition) is 2. The van der Waals surface area contributed by atoms with Gasteiger partial charge in [0.05, 0.1) is 21.8 Å². The van der Waals surface area contributed by atoms with E-state index in [0.717, 1.165) is 0 Å². The molecule has 1 aromatic heterocycles. The second-order valence-corrected chi connectivity index (χ2v) is 3.25. The number of hydrogen-bond donors (Lipinski definition) is 1. The van der Waals surface area contributed by atoms with Gasteiger partial charge in [0, 0.05) is 12.7 Å². The third-order valence-electron chi connectivity index (χ3n) is 1.85. The van der Waals surface area contributed by atoms with Crippen molar-refractivity contribution < 1.29 is 22.0 Å². The highest BCUT2D eigenvalue weighted by Crippen LogP contribution is 2.41. The molecular formula is C8H6ClF5N2. The largest absolute Gasteiger partial charge is 0.418 e. The van der Waals surface area contributed by atoms with Crippen molar-refractivity contribution >= 4 is 11.6 Å². The minimum absolute atomic E-state index is 0.508. The van der Waals surface area contributed by atoms with Gasteiger partial charge in [-0.25, -0.2) is 8.78 Å². The van der Waals surface area contributed by atoms with Crippen molar-refractivity contribution in [3.8, 4) is 0 Å². The predicted octanol–water partition coefficient (Wildman–Crippen LogP) is 3.15. The van der Waals surface area contributed by atoms with Crippen molar-refractivity contribution in [2.45, 2.75) is 19.1 Å². The van der Waals surface area contributed by atoms with Gasteiger partial charge >= 0.3 is 6.18 Å². The van der Waals surface area contributed by atoms with E-state index in [0.29, 0.717) is 6.20 Å². The molecule has 0 aliphatic carbocycles. The molecule has 0 spiro atoms. The Morgan fingerprint density at radius 1 is 1.38 bits per heavy atom. The summed E-state index contributed by atoms with van der Waals surface area (Å²) in [5.74, 6) is 0. The van der Waals surface area contributed by atoms with Gasteiger partial charge in [-0.05, 0) is 0 Å². The Morgan fingerprint density at radius 3 is 2.31 bits per heavy atom. The molecule has 1 heterocycles. The van der Waals surface area contributed by atoms with Crippen molar-refractivity contribution in [3.05, 3.63) is 28.0 Å². The molecule has 0 amide bonds. The monoisotopic (exact) mass is 260 g/mol. The summed E-state index contributed by atoms with van der Waals surface area (Å²) in [4.78, 5) is 3.36. The molecule has 0 atom stereocenters. The van der Waals surface area contributed by atoms with Crippen LogP contribution in [0.2, 0.25) is 5.02 Å². The Hall–Kier alpha value is -0.950. The molecule has 16 heavy (non-hydrogen) atoms. The van der Waals surface area contributed by atoms with Gasteiger partial charge < -0.3 is 5.73 Å². The third-order valence-corrected chi connectivity index (χ3v) is 2.13. The fourth-order valence-electron chi connectivity index (χ4n) is 1.23. The summed E-state index contributed by atoms with van der Waals surface area (Å²) in [7, 11) is 0. The number of alkyl halides is 5. The molecule has 2 N–H and O–H groups in total. The molecule has 1 rings (SSSR count). The summed E-state index contributed by atoms with van der Waals surface area (Å²) in [5.41, 5.74) is 1.72. The smallest absolute Gasteiger partial charge is 0.325 e. The molecule has 0 aromatic carbocycles. The van der Waals surface area contributed by atoms with Crippen LogP contribution in [0.3, 0.4) is 0 Å². The first-order valence-corrected chi connectivity index (χ1v) is 4.39. The van der Waals surface area contributed by atoms with Crippen LogP contribution < -0.4 is 5.73 Å². The zero-order valence-corrected chi connectivity index (χ0v) is 8.41. The Bertz CT molecular complexity index is 391. The predicted molar refractivity (Wildman–Crippen MR) is 47.1 cm³/mol. The zero-order chi connectivity index (χ0) is 12.5. The van der Waals surface area contributed by atoms with Crippen molar-refractivity contribution in [2.75, 3.05) is 0 Å². The maximum Gasteiger partial charge on any atom is 0.418 e. The second kappa shape index (κ2) is 4.50. The van der Waals surface area contributed by atoms with E-state index in [1.165, 1.54) is 0 Å². The lowest BCUT2D eigenvalue weighted by atomic mass is 10.1. The highest BCUT2D eigenvalue weighted by molar-refractivity contribution is 6.31. The Kier molecular flexibility index (Phi) is 3.69. The van der Waals surface area contributed by atoms with Gasteiger partial charge in [-0.3, -0.25) is 4.98 Å². The SMILES string of the molecule is NCc1ncc(Cl)c(C(F)(F)F)c1C(F)F. The number of pyridine rings is 1. The van der Waals surface area contributed by atoms with E-state index < -0.39 is 41.0 Å². The lowest BCUT2D eigenvalue weighted by Crippen LogP contribution is -2.16. The topological polar surface area (TPSA) is 38.9 Å². The van der Waals surface area contributed by atoms with E-state index in [2.05, 4.69) is 4.98 Å². The standard InChI is InChI=1S/C8H6ClF5N2/c9-3-2-16-4(1-15)5(7(10)11)6(3)8(12,13)14/h2,7H,1,15H2. The van der Waals surface area contributed by atoms with Crippen LogP contribution in [-0.2, 0) is 12.7 Å². The van der Waals surface area contributed by atoms with Crippen LogP contribution >= 0.6 is 11.6 Å². The molecule has 8 heteroatoms. The van der Waals surface area contributed by atoms with E-state index >= 15 is 0 Å². The first-order chi connectivity index (χ1) is 7.29. The van der Waals surface area contributed by atoms with Gasteiger partial charge in [0.2, 0.25) is 0 Å². The van der Waals surface area contributed by atoms with E-state index in [-0.39, 0.29) is 0 Å². The number of halogens is 6. The molecule has 0 aliphatic rings. The summed E-state index contributed by atoms with van der Waals surface area (Å²) < 4.78 is 62.6. The normalized spacial score (nSPS) is 12.2. The van der Waals surface area contributed by atoms with Crippen molar-refractivity contribution in [1.82, 2.24) is 4.98 Å². The minimum Gasteiger partial charge on any atom is -0.325 e. The average Bonchev–Trinajstić information content (AvgIpc) is 2.15. The molecule has 0 radical (unpaired) electrons. The van der Waals surface area contributed by atoms with E-state index in [1.807, 2.05) is 0 Å². The quantitative estimate of drug-likeness (QED) is 0.830. The second-order valence-electron chi connectivity index (χ2n) is 2.84. The Morgan fingerprint density at radius 2 is 1.94 bits per heavy atom. The molecule has 0 bridgehead atoms. The summed E-state index contributed by atoms with van der Waals surface area (Å²) in [6.45, 7) is -0.514. The van der Waals surface area contributed by atoms with E-state index in [4.69, 9.17) is 17.3 Å². The number of aromatic nitrogens is 1. The Labute approximate surface area is 92.2 Å². The number of rotatable bonds is 2.